The molecule has 4 heteroatoms. The van der Waals surface area contributed by atoms with Crippen LogP contribution in [0.4, 0.5) is 0 Å². The molecule has 1 unspecified atom stereocenters. The molecule has 0 amide bonds. The molecule has 5 fully saturated rings. The fourth-order valence-electron chi connectivity index (χ4n) is 9.50. The van der Waals surface area contributed by atoms with Crippen LogP contribution in [0.5, 0.6) is 0 Å². The van der Waals surface area contributed by atoms with Gasteiger partial charge in [-0.3, -0.25) is 0 Å². The van der Waals surface area contributed by atoms with E-state index in [1.54, 1.807) is 0 Å². The number of aliphatic hydroxyl groups excluding tert-OH is 1. The molecule has 0 aromatic rings. The lowest BCUT2D eigenvalue weighted by Gasteiger charge is -2.53. The van der Waals surface area contributed by atoms with Gasteiger partial charge in [0.05, 0.1) is 24.4 Å². The fraction of sp³-hybridized carbons (Fsp3) is 0.852. The summed E-state index contributed by atoms with van der Waals surface area (Å²) in [4.78, 5) is 0. The van der Waals surface area contributed by atoms with Gasteiger partial charge in [0.15, 0.2) is 5.79 Å². The lowest BCUT2D eigenvalue weighted by atomic mass is 9.52. The number of ether oxygens (including phenoxy) is 2. The highest BCUT2D eigenvalue weighted by Gasteiger charge is 2.68. The monoisotopic (exact) mass is 428 g/mol. The highest BCUT2D eigenvalue weighted by Crippen LogP contribution is 2.69. The van der Waals surface area contributed by atoms with Gasteiger partial charge < -0.3 is 19.7 Å². The molecule has 0 aromatic carbocycles. The number of hydrogen-bond donors (Lipinski definition) is 2. The minimum atomic E-state index is -0.718. The minimum absolute atomic E-state index is 0.130. The van der Waals surface area contributed by atoms with E-state index in [0.29, 0.717) is 36.2 Å². The van der Waals surface area contributed by atoms with Crippen LogP contribution in [0.15, 0.2) is 23.8 Å². The van der Waals surface area contributed by atoms with Gasteiger partial charge in [-0.1, -0.05) is 37.6 Å². The zero-order chi connectivity index (χ0) is 21.8. The van der Waals surface area contributed by atoms with Gasteiger partial charge in [0.1, 0.15) is 0 Å². The Morgan fingerprint density at radius 2 is 1.97 bits per heavy atom. The second-order valence-corrected chi connectivity index (χ2v) is 12.4. The summed E-state index contributed by atoms with van der Waals surface area (Å²) < 4.78 is 13.1. The van der Waals surface area contributed by atoms with E-state index in [4.69, 9.17) is 9.47 Å². The molecule has 2 heterocycles. The van der Waals surface area contributed by atoms with Gasteiger partial charge in [0, 0.05) is 18.3 Å². The van der Waals surface area contributed by atoms with E-state index in [1.165, 1.54) is 11.1 Å². The van der Waals surface area contributed by atoms with Crippen molar-refractivity contribution < 1.29 is 19.7 Å². The van der Waals surface area contributed by atoms with Crippen molar-refractivity contribution in [1.29, 1.82) is 0 Å². The van der Waals surface area contributed by atoms with Crippen LogP contribution in [0, 0.1) is 40.9 Å². The molecule has 2 saturated heterocycles. The largest absolute Gasteiger partial charge is 0.393 e. The Bertz CT molecular complexity index is 804. The lowest BCUT2D eigenvalue weighted by molar-refractivity contribution is -0.255. The predicted molar refractivity (Wildman–Crippen MR) is 119 cm³/mol. The van der Waals surface area contributed by atoms with Crippen LogP contribution < -0.4 is 0 Å². The van der Waals surface area contributed by atoms with E-state index < -0.39 is 11.4 Å². The van der Waals surface area contributed by atoms with Crippen molar-refractivity contribution in [1.82, 2.24) is 0 Å². The molecule has 0 aromatic heterocycles. The second-order valence-electron chi connectivity index (χ2n) is 12.4. The van der Waals surface area contributed by atoms with E-state index in [9.17, 15) is 10.2 Å². The maximum atomic E-state index is 11.8. The van der Waals surface area contributed by atoms with E-state index in [1.807, 2.05) is 0 Å². The Morgan fingerprint density at radius 3 is 2.71 bits per heavy atom. The molecule has 2 N–H and O–H groups in total. The summed E-state index contributed by atoms with van der Waals surface area (Å²) in [5.41, 5.74) is 2.03. The molecule has 4 aliphatic carbocycles. The molecule has 6 rings (SSSR count). The van der Waals surface area contributed by atoms with Crippen LogP contribution in [-0.2, 0) is 9.47 Å². The van der Waals surface area contributed by atoms with Gasteiger partial charge >= 0.3 is 0 Å². The van der Waals surface area contributed by atoms with Crippen LogP contribution in [-0.4, -0.2) is 40.4 Å². The van der Waals surface area contributed by atoms with Crippen molar-refractivity contribution in [2.24, 2.45) is 40.9 Å². The first-order valence-corrected chi connectivity index (χ1v) is 12.7. The number of fused-ring (bicyclic) bond motifs is 6. The topological polar surface area (TPSA) is 58.9 Å². The molecule has 11 atom stereocenters. The van der Waals surface area contributed by atoms with Crippen LogP contribution >= 0.6 is 0 Å². The van der Waals surface area contributed by atoms with Gasteiger partial charge in [-0.05, 0) is 81.0 Å². The Kier molecular flexibility index (Phi) is 4.50. The molecule has 2 aliphatic heterocycles. The zero-order valence-electron chi connectivity index (χ0n) is 19.5. The molecule has 0 radical (unpaired) electrons. The molecule has 6 aliphatic rings. The number of aliphatic hydroxyl groups is 2. The van der Waals surface area contributed by atoms with Crippen LogP contribution in [0.1, 0.15) is 72.1 Å². The van der Waals surface area contributed by atoms with Crippen LogP contribution in [0.3, 0.4) is 0 Å². The normalized spacial score (nSPS) is 58.4. The summed E-state index contributed by atoms with van der Waals surface area (Å²) in [6, 6.07) is 0. The highest BCUT2D eigenvalue weighted by atomic mass is 16.7. The first-order valence-electron chi connectivity index (χ1n) is 12.7. The van der Waals surface area contributed by atoms with Crippen molar-refractivity contribution in [3.05, 3.63) is 23.8 Å². The van der Waals surface area contributed by atoms with Crippen LogP contribution in [0.2, 0.25) is 0 Å². The Hall–Kier alpha value is -0.680. The second kappa shape index (κ2) is 6.68. The molecule has 31 heavy (non-hydrogen) atoms. The number of rotatable bonds is 0. The maximum Gasteiger partial charge on any atom is 0.172 e. The summed E-state index contributed by atoms with van der Waals surface area (Å²) in [6.07, 6.45) is 10.2. The van der Waals surface area contributed by atoms with Gasteiger partial charge in [-0.25, -0.2) is 0 Å². The standard InChI is InChI=1S/C27H40O4/c1-15-7-10-27(30-14-15)16(2)24-23(31-27)13-22-19-6-5-17-11-18(28)12-21(17)26(4,29)20(19)8-9-25(22,24)3/h5,16,18-24,28-29H,1,6-14H2,2-4H3/t16-,18+,19+,20-,21+,22-,23-,24-,25-,26+,27?/m0/s1. The Labute approximate surface area is 187 Å². The smallest absolute Gasteiger partial charge is 0.172 e. The quantitative estimate of drug-likeness (QED) is 0.554. The van der Waals surface area contributed by atoms with Crippen molar-refractivity contribution in [2.45, 2.75) is 95.7 Å². The van der Waals surface area contributed by atoms with E-state index in [0.717, 1.165) is 51.4 Å². The van der Waals surface area contributed by atoms with E-state index >= 15 is 0 Å². The van der Waals surface area contributed by atoms with Crippen molar-refractivity contribution in [3.63, 3.8) is 0 Å². The maximum absolute atomic E-state index is 11.8. The fourth-order valence-corrected chi connectivity index (χ4v) is 9.50. The number of hydrogen-bond acceptors (Lipinski definition) is 4. The summed E-state index contributed by atoms with van der Waals surface area (Å²) in [6.45, 7) is 11.7. The minimum Gasteiger partial charge on any atom is -0.393 e. The average Bonchev–Trinajstić information content (AvgIpc) is 3.30. The summed E-state index contributed by atoms with van der Waals surface area (Å²) in [7, 11) is 0. The Balaban J connectivity index is 1.30. The molecule has 3 saturated carbocycles. The summed E-state index contributed by atoms with van der Waals surface area (Å²) in [5, 5.41) is 22.1. The molecule has 4 nitrogen and oxygen atoms in total. The molecular formula is C27H40O4. The SMILES string of the molecule is C=C1CCC2(OC1)O[C@H]1C[C@H]3[C@@H]4CC=C5C[C@@H](O)C[C@H]5[C@](C)(O)[C@H]4CC[C@]3(C)[C@H]1[C@@H]2C. The lowest BCUT2D eigenvalue weighted by Crippen LogP contribution is -2.53. The van der Waals surface area contributed by atoms with Crippen molar-refractivity contribution >= 4 is 0 Å². The third-order valence-corrected chi connectivity index (χ3v) is 11.0. The van der Waals surface area contributed by atoms with Gasteiger partial charge in [-0.15, -0.1) is 0 Å². The highest BCUT2D eigenvalue weighted by molar-refractivity contribution is 5.25. The summed E-state index contributed by atoms with van der Waals surface area (Å²) >= 11 is 0. The third kappa shape index (κ3) is 2.74. The van der Waals surface area contributed by atoms with Crippen molar-refractivity contribution in [3.8, 4) is 0 Å². The van der Waals surface area contributed by atoms with E-state index in [2.05, 4.69) is 33.4 Å². The zero-order valence-corrected chi connectivity index (χ0v) is 19.5. The molecule has 1 spiro atoms. The summed E-state index contributed by atoms with van der Waals surface area (Å²) in [5.74, 6) is 2.06. The van der Waals surface area contributed by atoms with Crippen molar-refractivity contribution in [2.75, 3.05) is 6.61 Å². The van der Waals surface area contributed by atoms with Gasteiger partial charge in [0.2, 0.25) is 0 Å². The first-order chi connectivity index (χ1) is 14.7. The van der Waals surface area contributed by atoms with Gasteiger partial charge in [0.25, 0.3) is 0 Å². The third-order valence-electron chi connectivity index (χ3n) is 11.0. The Morgan fingerprint density at radius 1 is 1.16 bits per heavy atom. The predicted octanol–water partition coefficient (Wildman–Crippen LogP) is 4.60. The first kappa shape index (κ1) is 20.9. The number of allylic oxidation sites excluding steroid dienone is 1. The van der Waals surface area contributed by atoms with Gasteiger partial charge in [-0.2, -0.15) is 0 Å². The molecule has 0 bridgehead atoms. The van der Waals surface area contributed by atoms with E-state index in [-0.39, 0.29) is 23.5 Å². The average molecular weight is 429 g/mol. The molecule has 172 valence electrons. The molecular weight excluding hydrogens is 388 g/mol. The van der Waals surface area contributed by atoms with Crippen LogP contribution in [0.25, 0.3) is 0 Å².